The molecule has 2 rings (SSSR count). The minimum atomic E-state index is 0.466. The zero-order chi connectivity index (χ0) is 11.5. The fourth-order valence-electron chi connectivity index (χ4n) is 2.03. The van der Waals surface area contributed by atoms with Crippen LogP contribution in [0, 0.1) is 6.92 Å². The largest absolute Gasteiger partial charge is 0.365 e. The third-order valence-corrected chi connectivity index (χ3v) is 3.27. The summed E-state index contributed by atoms with van der Waals surface area (Å²) in [6.45, 7) is 4.18. The number of piperidine rings is 1. The molecular formula is C11H17ClN4. The van der Waals surface area contributed by atoms with Crippen LogP contribution >= 0.6 is 11.6 Å². The molecule has 1 aromatic rings. The number of likely N-dealkylation sites (tertiary alicyclic amines) is 1. The Bertz CT molecular complexity index is 369. The van der Waals surface area contributed by atoms with E-state index < -0.39 is 0 Å². The van der Waals surface area contributed by atoms with Crippen LogP contribution in [0.2, 0.25) is 5.15 Å². The van der Waals surface area contributed by atoms with E-state index in [9.17, 15) is 0 Å². The van der Waals surface area contributed by atoms with Gasteiger partial charge in [-0.3, -0.25) is 0 Å². The predicted molar refractivity (Wildman–Crippen MR) is 65.9 cm³/mol. The molecule has 5 heteroatoms. The summed E-state index contributed by atoms with van der Waals surface area (Å²) in [7, 11) is 2.15. The van der Waals surface area contributed by atoms with Gasteiger partial charge >= 0.3 is 0 Å². The van der Waals surface area contributed by atoms with E-state index in [0.29, 0.717) is 11.2 Å². The lowest BCUT2D eigenvalue weighted by Crippen LogP contribution is -2.39. The molecule has 0 saturated carbocycles. The summed E-state index contributed by atoms with van der Waals surface area (Å²) in [5.74, 6) is 0.821. The van der Waals surface area contributed by atoms with Crippen molar-refractivity contribution >= 4 is 17.4 Å². The number of nitrogens with zero attached hydrogens (tertiary/aromatic N) is 3. The van der Waals surface area contributed by atoms with E-state index in [1.807, 2.05) is 13.0 Å². The SMILES string of the molecule is Cc1cc(N[C@@H]2CCCN(C)C2)nnc1Cl. The molecule has 88 valence electrons. The third-order valence-electron chi connectivity index (χ3n) is 2.90. The Labute approximate surface area is 101 Å². The number of anilines is 1. The number of rotatable bonds is 2. The zero-order valence-corrected chi connectivity index (χ0v) is 10.5. The molecule has 16 heavy (non-hydrogen) atoms. The van der Waals surface area contributed by atoms with E-state index in [1.54, 1.807) is 0 Å². The molecule has 0 spiro atoms. The molecule has 1 saturated heterocycles. The highest BCUT2D eigenvalue weighted by molar-refractivity contribution is 6.30. The van der Waals surface area contributed by atoms with Crippen molar-refractivity contribution in [2.24, 2.45) is 0 Å². The lowest BCUT2D eigenvalue weighted by molar-refractivity contribution is 0.260. The van der Waals surface area contributed by atoms with E-state index >= 15 is 0 Å². The van der Waals surface area contributed by atoms with Gasteiger partial charge < -0.3 is 10.2 Å². The van der Waals surface area contributed by atoms with Crippen LogP contribution in [0.25, 0.3) is 0 Å². The molecule has 1 N–H and O–H groups in total. The summed E-state index contributed by atoms with van der Waals surface area (Å²) in [4.78, 5) is 2.33. The zero-order valence-electron chi connectivity index (χ0n) is 9.70. The van der Waals surface area contributed by atoms with Gasteiger partial charge in [0.1, 0.15) is 5.82 Å². The van der Waals surface area contributed by atoms with Crippen molar-refractivity contribution in [3.05, 3.63) is 16.8 Å². The topological polar surface area (TPSA) is 41.0 Å². The van der Waals surface area contributed by atoms with Crippen molar-refractivity contribution in [2.75, 3.05) is 25.5 Å². The first-order valence-electron chi connectivity index (χ1n) is 5.60. The first-order chi connectivity index (χ1) is 7.65. The highest BCUT2D eigenvalue weighted by Crippen LogP contribution is 2.17. The average Bonchev–Trinajstić information content (AvgIpc) is 2.24. The summed E-state index contributed by atoms with van der Waals surface area (Å²) in [6.07, 6.45) is 2.42. The second-order valence-electron chi connectivity index (χ2n) is 4.45. The number of aromatic nitrogens is 2. The monoisotopic (exact) mass is 240 g/mol. The fraction of sp³-hybridized carbons (Fsp3) is 0.636. The molecule has 0 bridgehead atoms. The summed E-state index contributed by atoms with van der Waals surface area (Å²) >= 11 is 5.84. The number of halogens is 1. The molecule has 0 aliphatic carbocycles. The molecular weight excluding hydrogens is 224 g/mol. The van der Waals surface area contributed by atoms with E-state index in [1.165, 1.54) is 19.4 Å². The maximum Gasteiger partial charge on any atom is 0.154 e. The molecule has 0 unspecified atom stereocenters. The van der Waals surface area contributed by atoms with Gasteiger partial charge in [0, 0.05) is 12.6 Å². The van der Waals surface area contributed by atoms with Crippen LogP contribution in [-0.2, 0) is 0 Å². The van der Waals surface area contributed by atoms with Gasteiger partial charge in [-0.2, -0.15) is 0 Å². The number of aryl methyl sites for hydroxylation is 1. The molecule has 0 radical (unpaired) electrons. The highest BCUT2D eigenvalue weighted by Gasteiger charge is 2.17. The van der Waals surface area contributed by atoms with Crippen LogP contribution in [0.4, 0.5) is 5.82 Å². The number of hydrogen-bond donors (Lipinski definition) is 1. The second kappa shape index (κ2) is 4.97. The summed E-state index contributed by atoms with van der Waals surface area (Å²) in [5.41, 5.74) is 0.961. The van der Waals surface area contributed by atoms with Crippen molar-refractivity contribution < 1.29 is 0 Å². The maximum atomic E-state index is 5.84. The number of hydrogen-bond acceptors (Lipinski definition) is 4. The van der Waals surface area contributed by atoms with Gasteiger partial charge in [0.25, 0.3) is 0 Å². The van der Waals surface area contributed by atoms with Crippen molar-refractivity contribution in [3.8, 4) is 0 Å². The highest BCUT2D eigenvalue weighted by atomic mass is 35.5. The molecule has 1 fully saturated rings. The molecule has 1 aliphatic heterocycles. The van der Waals surface area contributed by atoms with Crippen molar-refractivity contribution in [1.29, 1.82) is 0 Å². The molecule has 1 atom stereocenters. The normalized spacial score (nSPS) is 22.1. The minimum Gasteiger partial charge on any atom is -0.365 e. The van der Waals surface area contributed by atoms with E-state index in [2.05, 4.69) is 27.5 Å². The predicted octanol–water partition coefficient (Wildman–Crippen LogP) is 1.94. The van der Waals surface area contributed by atoms with Gasteiger partial charge in [0.2, 0.25) is 0 Å². The standard InChI is InChI=1S/C11H17ClN4/c1-8-6-10(14-15-11(8)12)13-9-4-3-5-16(2)7-9/h6,9H,3-5,7H2,1-2H3,(H,13,14)/t9-/m1/s1. The van der Waals surface area contributed by atoms with Crippen LogP contribution in [0.1, 0.15) is 18.4 Å². The lowest BCUT2D eigenvalue weighted by Gasteiger charge is -2.30. The van der Waals surface area contributed by atoms with Crippen LogP contribution in [0.15, 0.2) is 6.07 Å². The Morgan fingerprint density at radius 3 is 3.00 bits per heavy atom. The summed E-state index contributed by atoms with van der Waals surface area (Å²) in [6, 6.07) is 2.41. The van der Waals surface area contributed by atoms with Crippen LogP contribution in [0.5, 0.6) is 0 Å². The van der Waals surface area contributed by atoms with Gasteiger partial charge in [-0.25, -0.2) is 0 Å². The van der Waals surface area contributed by atoms with Gasteiger partial charge in [-0.1, -0.05) is 11.6 Å². The van der Waals surface area contributed by atoms with Crippen molar-refractivity contribution in [1.82, 2.24) is 15.1 Å². The molecule has 0 aromatic carbocycles. The van der Waals surface area contributed by atoms with Gasteiger partial charge in [0.15, 0.2) is 5.15 Å². The van der Waals surface area contributed by atoms with Crippen molar-refractivity contribution in [3.63, 3.8) is 0 Å². The Kier molecular flexibility index (Phi) is 3.61. The second-order valence-corrected chi connectivity index (χ2v) is 4.81. The molecule has 1 aliphatic rings. The average molecular weight is 241 g/mol. The Hall–Kier alpha value is -0.870. The number of nitrogens with one attached hydrogen (secondary N) is 1. The quantitative estimate of drug-likeness (QED) is 0.858. The van der Waals surface area contributed by atoms with Gasteiger partial charge in [-0.15, -0.1) is 10.2 Å². The third kappa shape index (κ3) is 2.83. The van der Waals surface area contributed by atoms with Gasteiger partial charge in [-0.05, 0) is 45.0 Å². The maximum absolute atomic E-state index is 5.84. The first-order valence-corrected chi connectivity index (χ1v) is 5.98. The van der Waals surface area contributed by atoms with Gasteiger partial charge in [0.05, 0.1) is 0 Å². The summed E-state index contributed by atoms with van der Waals surface area (Å²) in [5, 5.41) is 11.8. The Balaban J connectivity index is 2.00. The van der Waals surface area contributed by atoms with Crippen LogP contribution in [-0.4, -0.2) is 41.3 Å². The fourth-order valence-corrected chi connectivity index (χ4v) is 2.13. The van der Waals surface area contributed by atoms with Crippen molar-refractivity contribution in [2.45, 2.75) is 25.8 Å². The van der Waals surface area contributed by atoms with E-state index in [4.69, 9.17) is 11.6 Å². The Morgan fingerprint density at radius 1 is 1.50 bits per heavy atom. The molecule has 1 aromatic heterocycles. The molecule has 4 nitrogen and oxygen atoms in total. The van der Waals surface area contributed by atoms with E-state index in [0.717, 1.165) is 17.9 Å². The minimum absolute atomic E-state index is 0.466. The lowest BCUT2D eigenvalue weighted by atomic mass is 10.1. The Morgan fingerprint density at radius 2 is 2.31 bits per heavy atom. The smallest absolute Gasteiger partial charge is 0.154 e. The van der Waals surface area contributed by atoms with Crippen LogP contribution in [0.3, 0.4) is 0 Å². The first kappa shape index (κ1) is 11.6. The van der Waals surface area contributed by atoms with E-state index in [-0.39, 0.29) is 0 Å². The van der Waals surface area contributed by atoms with Crippen LogP contribution < -0.4 is 5.32 Å². The molecule has 0 amide bonds. The summed E-state index contributed by atoms with van der Waals surface area (Å²) < 4.78 is 0. The number of likely N-dealkylation sites (N-methyl/N-ethyl adjacent to an activating group) is 1. The molecule has 2 heterocycles.